The first-order valence-electron chi connectivity index (χ1n) is 6.08. The van der Waals surface area contributed by atoms with Crippen LogP contribution >= 0.6 is 0 Å². The maximum Gasteiger partial charge on any atom is 0.332 e. The van der Waals surface area contributed by atoms with E-state index in [0.29, 0.717) is 23.6 Å². The Balaban J connectivity index is 2.83. The third-order valence-electron chi connectivity index (χ3n) is 3.40. The number of aromatic nitrogens is 4. The van der Waals surface area contributed by atoms with Crippen molar-refractivity contribution in [1.29, 1.82) is 0 Å². The van der Waals surface area contributed by atoms with E-state index < -0.39 is 11.8 Å². The molecule has 0 spiro atoms. The van der Waals surface area contributed by atoms with Crippen molar-refractivity contribution in [2.45, 2.75) is 6.10 Å². The van der Waals surface area contributed by atoms with E-state index in [2.05, 4.69) is 4.98 Å². The molecule has 0 N–H and O–H groups in total. The molecular formula is C12H18N4O4. The lowest BCUT2D eigenvalue weighted by atomic mass is 10.3. The molecule has 20 heavy (non-hydrogen) atoms. The number of hydrogen-bond donors (Lipinski definition) is 0. The highest BCUT2D eigenvalue weighted by Crippen LogP contribution is 2.18. The topological polar surface area (TPSA) is 80.3 Å². The SMILES string of the molecule is COCC(OC)c1nc2c(c(=O)n(C)c(=O)n2C)n1C. The Labute approximate surface area is 115 Å². The minimum absolute atomic E-state index is 0.307. The summed E-state index contributed by atoms with van der Waals surface area (Å²) in [6.07, 6.45) is -0.405. The Bertz CT molecular complexity index is 755. The Morgan fingerprint density at radius 3 is 2.30 bits per heavy atom. The van der Waals surface area contributed by atoms with Gasteiger partial charge in [-0.3, -0.25) is 13.9 Å². The highest BCUT2D eigenvalue weighted by molar-refractivity contribution is 5.71. The monoisotopic (exact) mass is 282 g/mol. The molecule has 0 bridgehead atoms. The first-order valence-corrected chi connectivity index (χ1v) is 6.08. The second-order valence-electron chi connectivity index (χ2n) is 4.59. The van der Waals surface area contributed by atoms with Crippen molar-refractivity contribution in [2.75, 3.05) is 20.8 Å². The van der Waals surface area contributed by atoms with E-state index in [-0.39, 0.29) is 5.56 Å². The molecule has 1 atom stereocenters. The molecule has 2 rings (SSSR count). The van der Waals surface area contributed by atoms with Crippen molar-refractivity contribution >= 4 is 11.2 Å². The largest absolute Gasteiger partial charge is 0.382 e. The molecule has 2 aromatic heterocycles. The van der Waals surface area contributed by atoms with Crippen molar-refractivity contribution in [3.05, 3.63) is 26.7 Å². The van der Waals surface area contributed by atoms with E-state index in [9.17, 15) is 9.59 Å². The zero-order valence-electron chi connectivity index (χ0n) is 12.2. The first kappa shape index (κ1) is 14.5. The van der Waals surface area contributed by atoms with Gasteiger partial charge in [-0.05, 0) is 0 Å². The molecule has 0 aliphatic carbocycles. The lowest BCUT2D eigenvalue weighted by Gasteiger charge is -2.13. The number of methoxy groups -OCH3 is 2. The number of aryl methyl sites for hydroxylation is 2. The summed E-state index contributed by atoms with van der Waals surface area (Å²) >= 11 is 0. The van der Waals surface area contributed by atoms with Crippen LogP contribution in [0.5, 0.6) is 0 Å². The van der Waals surface area contributed by atoms with E-state index in [0.717, 1.165) is 4.57 Å². The van der Waals surface area contributed by atoms with Crippen LogP contribution in [0.1, 0.15) is 11.9 Å². The third kappa shape index (κ3) is 1.97. The maximum absolute atomic E-state index is 12.2. The molecule has 8 heteroatoms. The lowest BCUT2D eigenvalue weighted by Crippen LogP contribution is -2.37. The number of imidazole rings is 1. The summed E-state index contributed by atoms with van der Waals surface area (Å²) in [6, 6.07) is 0. The van der Waals surface area contributed by atoms with Crippen LogP contribution < -0.4 is 11.2 Å². The first-order chi connectivity index (χ1) is 9.43. The Morgan fingerprint density at radius 2 is 1.75 bits per heavy atom. The summed E-state index contributed by atoms with van der Waals surface area (Å²) < 4.78 is 14.5. The molecule has 0 saturated carbocycles. The minimum atomic E-state index is -0.409. The molecular weight excluding hydrogens is 264 g/mol. The number of nitrogens with zero attached hydrogens (tertiary/aromatic N) is 4. The van der Waals surface area contributed by atoms with Crippen LogP contribution in [-0.4, -0.2) is 39.5 Å². The molecule has 0 radical (unpaired) electrons. The molecule has 0 aliphatic rings. The van der Waals surface area contributed by atoms with Crippen LogP contribution in [0.15, 0.2) is 9.59 Å². The summed E-state index contributed by atoms with van der Waals surface area (Å²) in [5, 5.41) is 0. The van der Waals surface area contributed by atoms with Crippen LogP contribution in [-0.2, 0) is 30.6 Å². The van der Waals surface area contributed by atoms with Crippen molar-refractivity contribution < 1.29 is 9.47 Å². The molecule has 1 unspecified atom stereocenters. The van der Waals surface area contributed by atoms with E-state index in [4.69, 9.17) is 9.47 Å². The molecule has 110 valence electrons. The van der Waals surface area contributed by atoms with Crippen LogP contribution in [0, 0.1) is 0 Å². The molecule has 0 fully saturated rings. The number of ether oxygens (including phenoxy) is 2. The number of hydrogen-bond acceptors (Lipinski definition) is 5. The van der Waals surface area contributed by atoms with Gasteiger partial charge in [-0.1, -0.05) is 0 Å². The number of fused-ring (bicyclic) bond motifs is 1. The second kappa shape index (κ2) is 5.22. The van der Waals surface area contributed by atoms with Gasteiger partial charge in [0.1, 0.15) is 11.9 Å². The van der Waals surface area contributed by atoms with Gasteiger partial charge in [-0.2, -0.15) is 0 Å². The van der Waals surface area contributed by atoms with Gasteiger partial charge in [-0.25, -0.2) is 9.78 Å². The van der Waals surface area contributed by atoms with Crippen molar-refractivity contribution in [3.63, 3.8) is 0 Å². The van der Waals surface area contributed by atoms with Crippen LogP contribution in [0.4, 0.5) is 0 Å². The van der Waals surface area contributed by atoms with Gasteiger partial charge in [-0.15, -0.1) is 0 Å². The van der Waals surface area contributed by atoms with E-state index in [1.165, 1.54) is 11.6 Å². The summed E-state index contributed by atoms with van der Waals surface area (Å²) in [4.78, 5) is 28.5. The average molecular weight is 282 g/mol. The molecule has 2 heterocycles. The summed E-state index contributed by atoms with van der Waals surface area (Å²) in [5.41, 5.74) is -0.0824. The molecule has 0 aromatic carbocycles. The normalized spacial score (nSPS) is 13.1. The third-order valence-corrected chi connectivity index (χ3v) is 3.40. The molecule has 0 amide bonds. The molecule has 2 aromatic rings. The average Bonchev–Trinajstić information content (AvgIpc) is 2.78. The van der Waals surface area contributed by atoms with Crippen molar-refractivity contribution in [2.24, 2.45) is 21.1 Å². The lowest BCUT2D eigenvalue weighted by molar-refractivity contribution is 0.0208. The summed E-state index contributed by atoms with van der Waals surface area (Å²) in [6.45, 7) is 0.307. The van der Waals surface area contributed by atoms with Gasteiger partial charge in [0.15, 0.2) is 11.2 Å². The van der Waals surface area contributed by atoms with E-state index in [1.54, 1.807) is 32.9 Å². The van der Waals surface area contributed by atoms with Crippen LogP contribution in [0.25, 0.3) is 11.2 Å². The van der Waals surface area contributed by atoms with Crippen molar-refractivity contribution in [3.8, 4) is 0 Å². The Hall–Kier alpha value is -1.93. The standard InChI is InChI=1S/C12H18N4O4/c1-14-8-10(13-9(14)7(20-5)6-19-4)15(2)12(18)16(3)11(8)17/h7H,6H2,1-5H3. The molecule has 0 aliphatic heterocycles. The fraction of sp³-hybridized carbons (Fsp3) is 0.583. The van der Waals surface area contributed by atoms with Crippen LogP contribution in [0.3, 0.4) is 0 Å². The van der Waals surface area contributed by atoms with Gasteiger partial charge in [0.2, 0.25) is 0 Å². The van der Waals surface area contributed by atoms with E-state index >= 15 is 0 Å². The Kier molecular flexibility index (Phi) is 3.78. The fourth-order valence-electron chi connectivity index (χ4n) is 2.22. The number of rotatable bonds is 4. The van der Waals surface area contributed by atoms with Gasteiger partial charge in [0, 0.05) is 35.4 Å². The summed E-state index contributed by atoms with van der Waals surface area (Å²) in [7, 11) is 7.85. The summed E-state index contributed by atoms with van der Waals surface area (Å²) in [5.74, 6) is 0.544. The highest BCUT2D eigenvalue weighted by Gasteiger charge is 2.22. The minimum Gasteiger partial charge on any atom is -0.382 e. The van der Waals surface area contributed by atoms with Crippen LogP contribution in [0.2, 0.25) is 0 Å². The zero-order chi connectivity index (χ0) is 15.0. The van der Waals surface area contributed by atoms with E-state index in [1.807, 2.05) is 0 Å². The predicted molar refractivity (Wildman–Crippen MR) is 72.8 cm³/mol. The quantitative estimate of drug-likeness (QED) is 0.741. The van der Waals surface area contributed by atoms with Gasteiger partial charge < -0.3 is 14.0 Å². The zero-order valence-corrected chi connectivity index (χ0v) is 12.2. The van der Waals surface area contributed by atoms with Gasteiger partial charge >= 0.3 is 5.69 Å². The smallest absolute Gasteiger partial charge is 0.332 e. The fourth-order valence-corrected chi connectivity index (χ4v) is 2.22. The van der Waals surface area contributed by atoms with Gasteiger partial charge in [0.05, 0.1) is 6.61 Å². The maximum atomic E-state index is 12.2. The van der Waals surface area contributed by atoms with Gasteiger partial charge in [0.25, 0.3) is 5.56 Å². The predicted octanol–water partition coefficient (Wildman–Crippen LogP) is -0.695. The second-order valence-corrected chi connectivity index (χ2v) is 4.59. The molecule has 8 nitrogen and oxygen atoms in total. The van der Waals surface area contributed by atoms with Crippen molar-refractivity contribution in [1.82, 2.24) is 18.7 Å². The Morgan fingerprint density at radius 1 is 1.10 bits per heavy atom. The molecule has 0 saturated heterocycles. The highest BCUT2D eigenvalue weighted by atomic mass is 16.5.